The van der Waals surface area contributed by atoms with Gasteiger partial charge in [-0.15, -0.1) is 5.10 Å². The average molecular weight is 168 g/mol. The molecule has 0 saturated carbocycles. The summed E-state index contributed by atoms with van der Waals surface area (Å²) >= 11 is 0. The Morgan fingerprint density at radius 3 is 2.75 bits per heavy atom. The van der Waals surface area contributed by atoms with E-state index in [4.69, 9.17) is 0 Å². The molecule has 1 rings (SSSR count). The predicted octanol–water partition coefficient (Wildman–Crippen LogP) is 1.95. The lowest BCUT2D eigenvalue weighted by Gasteiger charge is -1.93. The molecule has 0 aliphatic heterocycles. The predicted molar refractivity (Wildman–Crippen MR) is 48.2 cm³/mol. The van der Waals surface area contributed by atoms with Gasteiger partial charge in [-0.25, -0.2) is 0 Å². The van der Waals surface area contributed by atoms with Crippen LogP contribution in [0.25, 0.3) is 0 Å². The first-order valence-corrected chi connectivity index (χ1v) is 4.53. The maximum atomic E-state index is 9.36. The quantitative estimate of drug-likeness (QED) is 0.746. The van der Waals surface area contributed by atoms with Gasteiger partial charge in [-0.3, -0.25) is 4.68 Å². The van der Waals surface area contributed by atoms with Gasteiger partial charge in [-0.1, -0.05) is 20.3 Å². The third kappa shape index (κ3) is 2.00. The lowest BCUT2D eigenvalue weighted by Crippen LogP contribution is -1.95. The highest BCUT2D eigenvalue weighted by Crippen LogP contribution is 2.15. The summed E-state index contributed by atoms with van der Waals surface area (Å²) in [5.74, 6) is 0.199. The van der Waals surface area contributed by atoms with Crippen molar-refractivity contribution in [2.24, 2.45) is 0 Å². The van der Waals surface area contributed by atoms with Crippen LogP contribution in [-0.2, 0) is 13.0 Å². The molecule has 0 spiro atoms. The van der Waals surface area contributed by atoms with Crippen LogP contribution in [-0.4, -0.2) is 14.9 Å². The van der Waals surface area contributed by atoms with E-state index in [9.17, 15) is 5.11 Å². The highest BCUT2D eigenvalue weighted by atomic mass is 16.3. The van der Waals surface area contributed by atoms with Crippen LogP contribution in [0.1, 0.15) is 32.3 Å². The molecule has 3 nitrogen and oxygen atoms in total. The molecule has 0 atom stereocenters. The Kier molecular flexibility index (Phi) is 3.14. The lowest BCUT2D eigenvalue weighted by molar-refractivity contribution is 0.432. The summed E-state index contributed by atoms with van der Waals surface area (Å²) in [6, 6.07) is 0. The maximum absolute atomic E-state index is 9.36. The molecule has 0 aliphatic rings. The second-order valence-electron chi connectivity index (χ2n) is 2.99. The number of aryl methyl sites for hydroxylation is 2. The van der Waals surface area contributed by atoms with E-state index < -0.39 is 0 Å². The van der Waals surface area contributed by atoms with E-state index >= 15 is 0 Å². The molecule has 0 aromatic carbocycles. The van der Waals surface area contributed by atoms with Crippen molar-refractivity contribution >= 4 is 0 Å². The highest BCUT2D eigenvalue weighted by Gasteiger charge is 2.04. The van der Waals surface area contributed by atoms with Crippen molar-refractivity contribution in [3.8, 4) is 5.88 Å². The number of aromatic hydroxyl groups is 1. The van der Waals surface area contributed by atoms with Gasteiger partial charge < -0.3 is 5.11 Å². The summed E-state index contributed by atoms with van der Waals surface area (Å²) in [6.07, 6.45) is 4.94. The molecule has 0 unspecified atom stereocenters. The fraction of sp³-hybridized carbons (Fsp3) is 0.667. The fourth-order valence-corrected chi connectivity index (χ4v) is 1.24. The summed E-state index contributed by atoms with van der Waals surface area (Å²) in [6.45, 7) is 5.08. The minimum atomic E-state index is 0.199. The number of rotatable bonds is 4. The van der Waals surface area contributed by atoms with Crippen molar-refractivity contribution in [3.63, 3.8) is 0 Å². The Balaban J connectivity index is 2.70. The lowest BCUT2D eigenvalue weighted by atomic mass is 10.2. The number of nitrogens with zero attached hydrogens (tertiary/aromatic N) is 2. The van der Waals surface area contributed by atoms with Crippen LogP contribution >= 0.6 is 0 Å². The summed E-state index contributed by atoms with van der Waals surface area (Å²) in [5, 5.41) is 13.3. The van der Waals surface area contributed by atoms with Gasteiger partial charge in [0.1, 0.15) is 0 Å². The number of hydrogen-bond acceptors (Lipinski definition) is 2. The maximum Gasteiger partial charge on any atom is 0.233 e. The molecule has 68 valence electrons. The largest absolute Gasteiger partial charge is 0.492 e. The van der Waals surface area contributed by atoms with Crippen LogP contribution in [0.3, 0.4) is 0 Å². The third-order valence-electron chi connectivity index (χ3n) is 1.79. The van der Waals surface area contributed by atoms with Crippen molar-refractivity contribution in [2.45, 2.75) is 39.7 Å². The molecule has 3 heteroatoms. The highest BCUT2D eigenvalue weighted by molar-refractivity contribution is 5.21. The smallest absolute Gasteiger partial charge is 0.233 e. The molecule has 1 N–H and O–H groups in total. The molecule has 1 aromatic rings. The van der Waals surface area contributed by atoms with Crippen molar-refractivity contribution in [3.05, 3.63) is 11.8 Å². The first-order chi connectivity index (χ1) is 5.77. The van der Waals surface area contributed by atoms with E-state index in [0.29, 0.717) is 0 Å². The molecule has 1 aromatic heterocycles. The molecule has 0 radical (unpaired) electrons. The third-order valence-corrected chi connectivity index (χ3v) is 1.79. The fourth-order valence-electron chi connectivity index (χ4n) is 1.24. The average Bonchev–Trinajstić information content (AvgIpc) is 2.34. The SMILES string of the molecule is CCCc1cn(CCC)nc1O. The minimum absolute atomic E-state index is 0.199. The van der Waals surface area contributed by atoms with Gasteiger partial charge in [0.2, 0.25) is 5.88 Å². The molecule has 12 heavy (non-hydrogen) atoms. The van der Waals surface area contributed by atoms with E-state index in [1.807, 2.05) is 6.20 Å². The van der Waals surface area contributed by atoms with Gasteiger partial charge in [0, 0.05) is 18.3 Å². The molecule has 0 bridgehead atoms. The minimum Gasteiger partial charge on any atom is -0.492 e. The van der Waals surface area contributed by atoms with Crippen LogP contribution in [0.4, 0.5) is 0 Å². The number of hydrogen-bond donors (Lipinski definition) is 1. The van der Waals surface area contributed by atoms with Crippen molar-refractivity contribution in [1.29, 1.82) is 0 Å². The Morgan fingerprint density at radius 2 is 2.17 bits per heavy atom. The van der Waals surface area contributed by atoms with Gasteiger partial charge in [-0.05, 0) is 12.8 Å². The zero-order valence-corrected chi connectivity index (χ0v) is 7.75. The first-order valence-electron chi connectivity index (χ1n) is 4.53. The van der Waals surface area contributed by atoms with E-state index in [1.54, 1.807) is 4.68 Å². The molecular weight excluding hydrogens is 152 g/mol. The van der Waals surface area contributed by atoms with Crippen LogP contribution in [0.15, 0.2) is 6.20 Å². The normalized spacial score (nSPS) is 10.5. The Hall–Kier alpha value is -0.990. The van der Waals surface area contributed by atoms with E-state index in [2.05, 4.69) is 18.9 Å². The summed E-state index contributed by atoms with van der Waals surface area (Å²) in [5.41, 5.74) is 0.964. The first kappa shape index (κ1) is 9.10. The van der Waals surface area contributed by atoms with E-state index in [-0.39, 0.29) is 5.88 Å². The zero-order chi connectivity index (χ0) is 8.97. The molecule has 0 aliphatic carbocycles. The van der Waals surface area contributed by atoms with Gasteiger partial charge in [-0.2, -0.15) is 0 Å². The Bertz CT molecular complexity index is 243. The monoisotopic (exact) mass is 168 g/mol. The zero-order valence-electron chi connectivity index (χ0n) is 7.75. The van der Waals surface area contributed by atoms with Crippen molar-refractivity contribution < 1.29 is 5.11 Å². The van der Waals surface area contributed by atoms with Crippen LogP contribution in [0, 0.1) is 0 Å². The molecule has 1 heterocycles. The second-order valence-corrected chi connectivity index (χ2v) is 2.99. The van der Waals surface area contributed by atoms with Crippen LogP contribution < -0.4 is 0 Å². The van der Waals surface area contributed by atoms with Crippen molar-refractivity contribution in [2.75, 3.05) is 0 Å². The van der Waals surface area contributed by atoms with E-state index in [0.717, 1.165) is 31.4 Å². The van der Waals surface area contributed by atoms with Crippen LogP contribution in [0.5, 0.6) is 5.88 Å². The Labute approximate surface area is 73.0 Å². The van der Waals surface area contributed by atoms with Gasteiger partial charge in [0.25, 0.3) is 0 Å². The standard InChI is InChI=1S/C9H16N2O/c1-3-5-8-7-11(6-4-2)10-9(8)12/h7H,3-6H2,1-2H3,(H,10,12). The number of aromatic nitrogens is 2. The Morgan fingerprint density at radius 1 is 1.42 bits per heavy atom. The summed E-state index contributed by atoms with van der Waals surface area (Å²) in [7, 11) is 0. The molecular formula is C9H16N2O. The topological polar surface area (TPSA) is 38.0 Å². The van der Waals surface area contributed by atoms with Gasteiger partial charge in [0.15, 0.2) is 0 Å². The van der Waals surface area contributed by atoms with Crippen LogP contribution in [0.2, 0.25) is 0 Å². The molecule has 0 fully saturated rings. The molecule has 0 saturated heterocycles. The summed E-state index contributed by atoms with van der Waals surface area (Å²) < 4.78 is 1.81. The van der Waals surface area contributed by atoms with Gasteiger partial charge >= 0.3 is 0 Å². The molecule has 0 amide bonds. The summed E-state index contributed by atoms with van der Waals surface area (Å²) in [4.78, 5) is 0. The second kappa shape index (κ2) is 4.14. The van der Waals surface area contributed by atoms with Gasteiger partial charge in [0.05, 0.1) is 0 Å². The van der Waals surface area contributed by atoms with E-state index in [1.165, 1.54) is 0 Å². The van der Waals surface area contributed by atoms with Crippen molar-refractivity contribution in [1.82, 2.24) is 9.78 Å².